The number of hydrogen-bond donors (Lipinski definition) is 2. The van der Waals surface area contributed by atoms with Gasteiger partial charge in [0.15, 0.2) is 0 Å². The van der Waals surface area contributed by atoms with Crippen molar-refractivity contribution in [3.63, 3.8) is 0 Å². The van der Waals surface area contributed by atoms with Gasteiger partial charge in [0.2, 0.25) is 0 Å². The van der Waals surface area contributed by atoms with Crippen LogP contribution in [-0.4, -0.2) is 30.5 Å². The fourth-order valence-corrected chi connectivity index (χ4v) is 3.76. The Morgan fingerprint density at radius 1 is 1.28 bits per heavy atom. The number of hydrogen-bond acceptors (Lipinski definition) is 3. The first-order valence-electron chi connectivity index (χ1n) is 8.66. The van der Waals surface area contributed by atoms with E-state index >= 15 is 0 Å². The van der Waals surface area contributed by atoms with E-state index in [4.69, 9.17) is 4.74 Å². The largest absolute Gasteiger partial charge is 0.465 e. The van der Waals surface area contributed by atoms with Crippen molar-refractivity contribution in [2.75, 3.05) is 13.7 Å². The van der Waals surface area contributed by atoms with Crippen LogP contribution >= 0.6 is 0 Å². The van der Waals surface area contributed by atoms with Crippen molar-refractivity contribution in [2.24, 2.45) is 0 Å². The van der Waals surface area contributed by atoms with Gasteiger partial charge in [0, 0.05) is 18.2 Å². The predicted molar refractivity (Wildman–Crippen MR) is 96.1 cm³/mol. The van der Waals surface area contributed by atoms with Crippen molar-refractivity contribution in [1.29, 1.82) is 0 Å². The molecule has 1 aromatic heterocycles. The highest BCUT2D eigenvalue weighted by Crippen LogP contribution is 2.31. The summed E-state index contributed by atoms with van der Waals surface area (Å²) in [6, 6.07) is 8.45. The maximum atomic E-state index is 12.6. The summed E-state index contributed by atoms with van der Waals surface area (Å²) in [7, 11) is 1.34. The Kier molecular flexibility index (Phi) is 4.93. The van der Waals surface area contributed by atoms with Crippen LogP contribution in [0, 0.1) is 13.8 Å². The average molecular weight is 340 g/mol. The zero-order valence-electron chi connectivity index (χ0n) is 14.9. The molecule has 0 radical (unpaired) electrons. The first-order valence-corrected chi connectivity index (χ1v) is 8.66. The molecular weight excluding hydrogens is 316 g/mol. The number of esters is 1. The number of nitrogens with one attached hydrogen (secondary N) is 2. The Bertz CT molecular complexity index is 807. The molecular formula is C20H24N2O3. The molecule has 1 aliphatic carbocycles. The number of aromatic amines is 1. The normalized spacial score (nSPS) is 16.2. The first-order chi connectivity index (χ1) is 12.0. The number of methoxy groups -OCH3 is 1. The summed E-state index contributed by atoms with van der Waals surface area (Å²) in [6.45, 7) is 4.13. The lowest BCUT2D eigenvalue weighted by molar-refractivity contribution is 0.0599. The van der Waals surface area contributed by atoms with Gasteiger partial charge in [-0.25, -0.2) is 4.79 Å². The molecule has 1 amide bonds. The van der Waals surface area contributed by atoms with E-state index in [1.165, 1.54) is 18.2 Å². The van der Waals surface area contributed by atoms with Gasteiger partial charge in [0.25, 0.3) is 5.91 Å². The van der Waals surface area contributed by atoms with Gasteiger partial charge >= 0.3 is 5.97 Å². The second kappa shape index (κ2) is 7.13. The zero-order chi connectivity index (χ0) is 18.0. The molecule has 0 fully saturated rings. The van der Waals surface area contributed by atoms with Crippen LogP contribution in [0.15, 0.2) is 24.3 Å². The summed E-state index contributed by atoms with van der Waals surface area (Å²) in [4.78, 5) is 27.5. The fourth-order valence-electron chi connectivity index (χ4n) is 3.76. The summed E-state index contributed by atoms with van der Waals surface area (Å²) in [5, 5.41) is 3.03. The van der Waals surface area contributed by atoms with Gasteiger partial charge < -0.3 is 15.0 Å². The minimum absolute atomic E-state index is 0.182. The lowest BCUT2D eigenvalue weighted by Gasteiger charge is -2.25. The van der Waals surface area contributed by atoms with Crippen LogP contribution in [0.3, 0.4) is 0 Å². The maximum absolute atomic E-state index is 12.6. The lowest BCUT2D eigenvalue weighted by Crippen LogP contribution is -2.30. The van der Waals surface area contributed by atoms with E-state index in [0.29, 0.717) is 35.0 Å². The van der Waals surface area contributed by atoms with Gasteiger partial charge in [-0.05, 0) is 49.8 Å². The molecule has 2 N–H and O–H groups in total. The third kappa shape index (κ3) is 3.31. The molecule has 132 valence electrons. The lowest BCUT2D eigenvalue weighted by atomic mass is 9.83. The van der Waals surface area contributed by atoms with Crippen LogP contribution in [0.1, 0.15) is 62.0 Å². The van der Waals surface area contributed by atoms with Crippen molar-refractivity contribution >= 4 is 11.9 Å². The number of fused-ring (bicyclic) bond motifs is 1. The fraction of sp³-hybridized carbons (Fsp3) is 0.400. The molecule has 0 aliphatic heterocycles. The van der Waals surface area contributed by atoms with E-state index in [9.17, 15) is 9.59 Å². The van der Waals surface area contributed by atoms with E-state index in [2.05, 4.69) is 34.6 Å². The van der Waals surface area contributed by atoms with E-state index in [1.54, 1.807) is 13.8 Å². The van der Waals surface area contributed by atoms with Crippen LogP contribution in [0.4, 0.5) is 0 Å². The number of H-pyrrole nitrogens is 1. The molecule has 0 bridgehead atoms. The molecule has 1 aliphatic rings. The maximum Gasteiger partial charge on any atom is 0.339 e. The highest BCUT2D eigenvalue weighted by atomic mass is 16.5. The average Bonchev–Trinajstić information content (AvgIpc) is 2.93. The Labute approximate surface area is 147 Å². The second-order valence-electron chi connectivity index (χ2n) is 6.61. The van der Waals surface area contributed by atoms with E-state index in [1.807, 2.05) is 0 Å². The molecule has 1 atom stereocenters. The minimum atomic E-state index is -0.425. The summed E-state index contributed by atoms with van der Waals surface area (Å²) < 4.78 is 4.79. The van der Waals surface area contributed by atoms with Crippen LogP contribution in [-0.2, 0) is 11.2 Å². The number of aryl methyl sites for hydroxylation is 2. The third-order valence-corrected chi connectivity index (χ3v) is 5.06. The number of carbonyl (C=O) groups excluding carboxylic acids is 2. The standard InChI is InChI=1S/C20H24N2O3/c1-12-17(20(24)25-3)13(2)22-18(12)19(23)21-11-15-9-6-8-14-7-4-5-10-16(14)15/h4-5,7,10,15,22H,6,8-9,11H2,1-3H3,(H,21,23). The van der Waals surface area contributed by atoms with Gasteiger partial charge in [-0.3, -0.25) is 4.79 Å². The molecule has 1 unspecified atom stereocenters. The molecule has 0 spiro atoms. The molecule has 5 nitrogen and oxygen atoms in total. The van der Waals surface area contributed by atoms with E-state index in [0.717, 1.165) is 19.3 Å². The summed E-state index contributed by atoms with van der Waals surface area (Å²) >= 11 is 0. The van der Waals surface area contributed by atoms with Gasteiger partial charge in [-0.1, -0.05) is 24.3 Å². The molecule has 5 heteroatoms. The van der Waals surface area contributed by atoms with Gasteiger partial charge in [0.05, 0.1) is 12.7 Å². The van der Waals surface area contributed by atoms with Crippen LogP contribution in [0.5, 0.6) is 0 Å². The topological polar surface area (TPSA) is 71.2 Å². The van der Waals surface area contributed by atoms with Crippen molar-refractivity contribution in [1.82, 2.24) is 10.3 Å². The summed E-state index contributed by atoms with van der Waals surface area (Å²) in [5.41, 5.74) is 4.87. The Morgan fingerprint density at radius 2 is 2.04 bits per heavy atom. The molecule has 0 saturated carbocycles. The summed E-state index contributed by atoms with van der Waals surface area (Å²) in [6.07, 6.45) is 3.33. The quantitative estimate of drug-likeness (QED) is 0.839. The number of ether oxygens (including phenoxy) is 1. The molecule has 0 saturated heterocycles. The zero-order valence-corrected chi connectivity index (χ0v) is 14.9. The Hall–Kier alpha value is -2.56. The Morgan fingerprint density at radius 3 is 2.80 bits per heavy atom. The predicted octanol–water partition coefficient (Wildman–Crippen LogP) is 3.27. The van der Waals surface area contributed by atoms with Gasteiger partial charge in [-0.2, -0.15) is 0 Å². The molecule has 25 heavy (non-hydrogen) atoms. The molecule has 2 aromatic rings. The number of rotatable bonds is 4. The number of carbonyl (C=O) groups is 2. The second-order valence-corrected chi connectivity index (χ2v) is 6.61. The number of aromatic nitrogens is 1. The minimum Gasteiger partial charge on any atom is -0.465 e. The smallest absolute Gasteiger partial charge is 0.339 e. The monoisotopic (exact) mass is 340 g/mol. The third-order valence-electron chi connectivity index (χ3n) is 5.06. The SMILES string of the molecule is COC(=O)c1c(C)[nH]c(C(=O)NCC2CCCc3ccccc32)c1C. The first kappa shape index (κ1) is 17.3. The van der Waals surface area contributed by atoms with Crippen molar-refractivity contribution in [2.45, 2.75) is 39.0 Å². The van der Waals surface area contributed by atoms with Crippen molar-refractivity contribution in [3.05, 3.63) is 57.9 Å². The number of benzene rings is 1. The van der Waals surface area contributed by atoms with Crippen molar-refractivity contribution < 1.29 is 14.3 Å². The van der Waals surface area contributed by atoms with Gasteiger partial charge in [-0.15, -0.1) is 0 Å². The van der Waals surface area contributed by atoms with E-state index in [-0.39, 0.29) is 5.91 Å². The molecule has 1 aromatic carbocycles. The Balaban J connectivity index is 1.73. The molecule has 3 rings (SSSR count). The van der Waals surface area contributed by atoms with Crippen LogP contribution in [0.2, 0.25) is 0 Å². The highest BCUT2D eigenvalue weighted by Gasteiger charge is 2.24. The molecule has 1 heterocycles. The van der Waals surface area contributed by atoms with E-state index < -0.39 is 5.97 Å². The highest BCUT2D eigenvalue weighted by molar-refractivity contribution is 6.00. The van der Waals surface area contributed by atoms with Crippen LogP contribution < -0.4 is 5.32 Å². The summed E-state index contributed by atoms with van der Waals surface area (Å²) in [5.74, 6) is -0.268. The number of amides is 1. The van der Waals surface area contributed by atoms with Crippen molar-refractivity contribution in [3.8, 4) is 0 Å². The van der Waals surface area contributed by atoms with Gasteiger partial charge in [0.1, 0.15) is 5.69 Å². The van der Waals surface area contributed by atoms with Crippen LogP contribution in [0.25, 0.3) is 0 Å².